The van der Waals surface area contributed by atoms with Gasteiger partial charge in [0.15, 0.2) is 0 Å². The smallest absolute Gasteiger partial charge is 0.0257 e. The summed E-state index contributed by atoms with van der Waals surface area (Å²) in [5.41, 5.74) is 12.8. The molecule has 5 aromatic carbocycles. The zero-order valence-electron chi connectivity index (χ0n) is 39.5. The molecule has 2 aliphatic rings. The van der Waals surface area contributed by atoms with E-state index in [1.807, 2.05) is 0 Å². The normalized spacial score (nSPS) is 14.4. The molecule has 0 aromatic heterocycles. The van der Waals surface area contributed by atoms with Gasteiger partial charge in [-0.25, -0.2) is 0 Å². The summed E-state index contributed by atoms with van der Waals surface area (Å²) in [6.07, 6.45) is 37.1. The molecule has 334 valence electrons. The van der Waals surface area contributed by atoms with Crippen LogP contribution in [-0.4, -0.2) is 0 Å². The molecule has 0 radical (unpaired) electrons. The van der Waals surface area contributed by atoms with Gasteiger partial charge in [-0.3, -0.25) is 0 Å². The van der Waals surface area contributed by atoms with Crippen LogP contribution in [0, 0.1) is 0 Å². The average Bonchev–Trinajstić information content (AvgIpc) is 3.70. The SMILES string of the molecule is CCCCCCCCC1(CCCCCCCC)c2cc3c(cc2-c2c1cc(Br)c1ccccc21)C(CCCCCCCC)(CCCCCCCC)c1cc(Br)c2ccccc2c1-3. The molecule has 0 aliphatic heterocycles. The van der Waals surface area contributed by atoms with E-state index >= 15 is 0 Å². The summed E-state index contributed by atoms with van der Waals surface area (Å²) in [7, 11) is 0. The highest BCUT2D eigenvalue weighted by Crippen LogP contribution is 2.63. The maximum atomic E-state index is 4.19. The molecule has 0 saturated heterocycles. The van der Waals surface area contributed by atoms with Crippen LogP contribution in [0.15, 0.2) is 81.7 Å². The minimum absolute atomic E-state index is 0.0108. The monoisotopic (exact) mass is 958 g/mol. The quantitative estimate of drug-likeness (QED) is 0.0438. The molecule has 5 aromatic rings. The number of halogens is 2. The predicted molar refractivity (Wildman–Crippen MR) is 281 cm³/mol. The van der Waals surface area contributed by atoms with E-state index in [0.717, 1.165) is 0 Å². The van der Waals surface area contributed by atoms with Crippen LogP contribution in [0.4, 0.5) is 0 Å². The van der Waals surface area contributed by atoms with Crippen molar-refractivity contribution in [3.05, 3.63) is 104 Å². The summed E-state index contributed by atoms with van der Waals surface area (Å²) in [5.74, 6) is 0. The van der Waals surface area contributed by atoms with E-state index in [4.69, 9.17) is 0 Å². The van der Waals surface area contributed by atoms with E-state index in [1.54, 1.807) is 44.5 Å². The van der Waals surface area contributed by atoms with Crippen LogP contribution in [0.25, 0.3) is 43.8 Å². The predicted octanol–water partition coefficient (Wildman–Crippen LogP) is 21.1. The fourth-order valence-electron chi connectivity index (χ4n) is 12.2. The van der Waals surface area contributed by atoms with Crippen LogP contribution in [-0.2, 0) is 10.8 Å². The Morgan fingerprint density at radius 3 is 0.903 bits per heavy atom. The second-order valence-electron chi connectivity index (χ2n) is 19.8. The third-order valence-electron chi connectivity index (χ3n) is 15.6. The molecular formula is C60H80Br2. The third kappa shape index (κ3) is 10.0. The van der Waals surface area contributed by atoms with Gasteiger partial charge in [0.05, 0.1) is 0 Å². The Morgan fingerprint density at radius 1 is 0.323 bits per heavy atom. The summed E-state index contributed by atoms with van der Waals surface area (Å²) < 4.78 is 2.54. The Labute approximate surface area is 395 Å². The van der Waals surface area contributed by atoms with E-state index < -0.39 is 0 Å². The lowest BCUT2D eigenvalue weighted by molar-refractivity contribution is 0.394. The number of rotatable bonds is 28. The molecule has 62 heavy (non-hydrogen) atoms. The first-order valence-electron chi connectivity index (χ1n) is 26.1. The van der Waals surface area contributed by atoms with Crippen molar-refractivity contribution in [2.75, 3.05) is 0 Å². The number of hydrogen-bond acceptors (Lipinski definition) is 0. The average molecular weight is 961 g/mol. The van der Waals surface area contributed by atoms with Crippen LogP contribution in [0.1, 0.15) is 230 Å². The third-order valence-corrected chi connectivity index (χ3v) is 16.9. The van der Waals surface area contributed by atoms with E-state index in [2.05, 4.69) is 132 Å². The fraction of sp³-hybridized carbons (Fsp3) is 0.567. The topological polar surface area (TPSA) is 0 Å². The largest absolute Gasteiger partial charge is 0.0654 e. The van der Waals surface area contributed by atoms with Gasteiger partial charge in [-0.05, 0) is 116 Å². The van der Waals surface area contributed by atoms with Crippen LogP contribution < -0.4 is 0 Å². The van der Waals surface area contributed by atoms with Gasteiger partial charge >= 0.3 is 0 Å². The number of hydrogen-bond donors (Lipinski definition) is 0. The first-order valence-corrected chi connectivity index (χ1v) is 27.7. The highest BCUT2D eigenvalue weighted by molar-refractivity contribution is 9.11. The lowest BCUT2D eigenvalue weighted by atomic mass is 9.68. The van der Waals surface area contributed by atoms with E-state index in [-0.39, 0.29) is 10.8 Å². The molecule has 0 heterocycles. The number of unbranched alkanes of at least 4 members (excludes halogenated alkanes) is 20. The van der Waals surface area contributed by atoms with Crippen molar-refractivity contribution in [1.29, 1.82) is 0 Å². The molecular weight excluding hydrogens is 880 g/mol. The zero-order chi connectivity index (χ0) is 43.4. The van der Waals surface area contributed by atoms with Crippen molar-refractivity contribution in [2.45, 2.75) is 218 Å². The van der Waals surface area contributed by atoms with Crippen LogP contribution in [0.5, 0.6) is 0 Å². The van der Waals surface area contributed by atoms with Crippen molar-refractivity contribution in [3.8, 4) is 22.3 Å². The summed E-state index contributed by atoms with van der Waals surface area (Å²) >= 11 is 8.38. The summed E-state index contributed by atoms with van der Waals surface area (Å²) in [6.45, 7) is 9.38. The minimum atomic E-state index is 0.0108. The van der Waals surface area contributed by atoms with Crippen molar-refractivity contribution in [2.24, 2.45) is 0 Å². The van der Waals surface area contributed by atoms with Crippen molar-refractivity contribution in [1.82, 2.24) is 0 Å². The molecule has 0 N–H and O–H groups in total. The Kier molecular flexibility index (Phi) is 17.8. The zero-order valence-corrected chi connectivity index (χ0v) is 42.7. The Bertz CT molecular complexity index is 2020. The maximum Gasteiger partial charge on any atom is 0.0257 e. The van der Waals surface area contributed by atoms with E-state index in [1.165, 1.54) is 210 Å². The van der Waals surface area contributed by atoms with Gasteiger partial charge in [-0.1, -0.05) is 262 Å². The Morgan fingerprint density at radius 2 is 0.597 bits per heavy atom. The van der Waals surface area contributed by atoms with E-state index in [0.29, 0.717) is 0 Å². The van der Waals surface area contributed by atoms with E-state index in [9.17, 15) is 0 Å². The standard InChI is InChI=1S/C60H80Br2/c1-5-9-13-17-21-29-37-59(38-30-22-18-14-10-6-2)51-41-50-52(42-49(51)57-47-35-27-25-33-45(47)55(61)43-53(57)59)60(39-31-23-19-15-11-7-3,40-32-24-20-16-12-8-4)54-44-56(62)46-34-26-28-36-48(46)58(50)54/h25-28,33-36,41-44H,5-24,29-32,37-40H2,1-4H3. The summed E-state index contributed by atoms with van der Waals surface area (Å²) in [4.78, 5) is 0. The second kappa shape index (κ2) is 23.2. The lowest BCUT2D eigenvalue weighted by Crippen LogP contribution is -2.27. The van der Waals surface area contributed by atoms with Gasteiger partial charge in [0.1, 0.15) is 0 Å². The molecule has 0 fully saturated rings. The molecule has 0 spiro atoms. The summed E-state index contributed by atoms with van der Waals surface area (Å²) in [6, 6.07) is 29.6. The Balaban J connectivity index is 1.44. The van der Waals surface area contributed by atoms with Crippen molar-refractivity contribution in [3.63, 3.8) is 0 Å². The van der Waals surface area contributed by atoms with Gasteiger partial charge in [0, 0.05) is 19.8 Å². The first kappa shape index (κ1) is 47.5. The van der Waals surface area contributed by atoms with Crippen LogP contribution >= 0.6 is 31.9 Å². The van der Waals surface area contributed by atoms with Gasteiger partial charge < -0.3 is 0 Å². The Hall–Kier alpha value is -2.42. The highest BCUT2D eigenvalue weighted by Gasteiger charge is 2.49. The molecule has 0 unspecified atom stereocenters. The second-order valence-corrected chi connectivity index (χ2v) is 21.5. The minimum Gasteiger partial charge on any atom is -0.0654 e. The number of fused-ring (bicyclic) bond motifs is 10. The van der Waals surface area contributed by atoms with Gasteiger partial charge in [0.2, 0.25) is 0 Å². The van der Waals surface area contributed by atoms with Gasteiger partial charge in [-0.2, -0.15) is 0 Å². The van der Waals surface area contributed by atoms with Crippen LogP contribution in [0.3, 0.4) is 0 Å². The van der Waals surface area contributed by atoms with Gasteiger partial charge in [0.25, 0.3) is 0 Å². The number of benzene rings is 5. The van der Waals surface area contributed by atoms with Crippen molar-refractivity contribution >= 4 is 53.4 Å². The molecule has 7 rings (SSSR count). The van der Waals surface area contributed by atoms with Gasteiger partial charge in [-0.15, -0.1) is 0 Å². The van der Waals surface area contributed by atoms with Crippen LogP contribution in [0.2, 0.25) is 0 Å². The first-order chi connectivity index (χ1) is 30.5. The molecule has 2 heteroatoms. The molecule has 0 atom stereocenters. The maximum absolute atomic E-state index is 4.19. The molecule has 0 nitrogen and oxygen atoms in total. The molecule has 2 aliphatic carbocycles. The molecule has 0 amide bonds. The fourth-order valence-corrected chi connectivity index (χ4v) is 13.4. The van der Waals surface area contributed by atoms with Crippen molar-refractivity contribution < 1.29 is 0 Å². The highest BCUT2D eigenvalue weighted by atomic mass is 79.9. The summed E-state index contributed by atoms with van der Waals surface area (Å²) in [5, 5.41) is 5.59. The molecule has 0 bridgehead atoms. The molecule has 0 saturated carbocycles. The lowest BCUT2D eigenvalue weighted by Gasteiger charge is -2.35.